The number of sulfonamides is 1. The summed E-state index contributed by atoms with van der Waals surface area (Å²) in [6.45, 7) is 2.57. The first-order chi connectivity index (χ1) is 12.4. The molecule has 138 valence electrons. The Kier molecular flexibility index (Phi) is 5.29. The number of hydrogen-bond donors (Lipinski definition) is 1. The van der Waals surface area contributed by atoms with Crippen LogP contribution in [-0.2, 0) is 14.8 Å². The standard InChI is InChI=1S/C19H22N2O4S/c1-14-12-15(19(22)25-2)8-9-18(14)26(23,24)21-11-10-17(13-21)20-16-6-4-3-5-7-16/h3-9,12,17,20H,10-11,13H2,1-2H3/t17-/m0/s1. The predicted octanol–water partition coefficient (Wildman–Crippen LogP) is 2.66. The van der Waals surface area contributed by atoms with Crippen molar-refractivity contribution in [2.45, 2.75) is 24.3 Å². The molecular weight excluding hydrogens is 352 g/mol. The van der Waals surface area contributed by atoms with Crippen molar-refractivity contribution in [1.82, 2.24) is 4.31 Å². The van der Waals surface area contributed by atoms with Crippen molar-refractivity contribution >= 4 is 21.7 Å². The summed E-state index contributed by atoms with van der Waals surface area (Å²) < 4.78 is 32.1. The predicted molar refractivity (Wildman–Crippen MR) is 99.7 cm³/mol. The van der Waals surface area contributed by atoms with Crippen LogP contribution in [0.15, 0.2) is 53.4 Å². The maximum atomic E-state index is 13.0. The van der Waals surface area contributed by atoms with E-state index in [1.54, 1.807) is 13.0 Å². The zero-order valence-corrected chi connectivity index (χ0v) is 15.6. The number of nitrogens with zero attached hydrogens (tertiary/aromatic N) is 1. The highest BCUT2D eigenvalue weighted by Crippen LogP contribution is 2.26. The Morgan fingerprint density at radius 1 is 1.19 bits per heavy atom. The number of ether oxygens (including phenoxy) is 1. The second-order valence-electron chi connectivity index (χ2n) is 6.33. The summed E-state index contributed by atoms with van der Waals surface area (Å²) in [5, 5.41) is 3.37. The third-order valence-electron chi connectivity index (χ3n) is 4.51. The van der Waals surface area contributed by atoms with Crippen LogP contribution >= 0.6 is 0 Å². The molecule has 0 aromatic heterocycles. The van der Waals surface area contributed by atoms with Crippen molar-refractivity contribution in [3.05, 3.63) is 59.7 Å². The summed E-state index contributed by atoms with van der Waals surface area (Å²) in [4.78, 5) is 11.8. The van der Waals surface area contributed by atoms with Crippen molar-refractivity contribution in [2.75, 3.05) is 25.5 Å². The lowest BCUT2D eigenvalue weighted by Crippen LogP contribution is -2.32. The van der Waals surface area contributed by atoms with E-state index in [0.717, 1.165) is 12.1 Å². The van der Waals surface area contributed by atoms with Gasteiger partial charge < -0.3 is 10.1 Å². The molecule has 1 heterocycles. The van der Waals surface area contributed by atoms with Gasteiger partial charge in [0.25, 0.3) is 0 Å². The van der Waals surface area contributed by atoms with Gasteiger partial charge in [-0.1, -0.05) is 18.2 Å². The fourth-order valence-electron chi connectivity index (χ4n) is 3.16. The molecule has 2 aromatic rings. The number of rotatable bonds is 5. The van der Waals surface area contributed by atoms with E-state index >= 15 is 0 Å². The number of hydrogen-bond acceptors (Lipinski definition) is 5. The Morgan fingerprint density at radius 3 is 2.58 bits per heavy atom. The van der Waals surface area contributed by atoms with Gasteiger partial charge in [-0.2, -0.15) is 4.31 Å². The van der Waals surface area contributed by atoms with Crippen LogP contribution in [0.3, 0.4) is 0 Å². The molecule has 0 unspecified atom stereocenters. The highest BCUT2D eigenvalue weighted by atomic mass is 32.2. The van der Waals surface area contributed by atoms with Crippen molar-refractivity contribution in [1.29, 1.82) is 0 Å². The van der Waals surface area contributed by atoms with Crippen LogP contribution in [0.1, 0.15) is 22.3 Å². The van der Waals surface area contributed by atoms with Gasteiger partial charge in [0.15, 0.2) is 0 Å². The second-order valence-corrected chi connectivity index (χ2v) is 8.24. The number of methoxy groups -OCH3 is 1. The number of anilines is 1. The summed E-state index contributed by atoms with van der Waals surface area (Å²) in [5.41, 5.74) is 1.86. The Labute approximate surface area is 153 Å². The fourth-order valence-corrected chi connectivity index (χ4v) is 4.86. The second kappa shape index (κ2) is 7.47. The van der Waals surface area contributed by atoms with E-state index in [9.17, 15) is 13.2 Å². The number of aryl methyl sites for hydroxylation is 1. The van der Waals surface area contributed by atoms with Gasteiger partial charge in [-0.05, 0) is 49.2 Å². The van der Waals surface area contributed by atoms with E-state index in [4.69, 9.17) is 0 Å². The van der Waals surface area contributed by atoms with E-state index in [1.165, 1.54) is 23.5 Å². The first-order valence-electron chi connectivity index (χ1n) is 8.42. The normalized spacial score (nSPS) is 17.8. The van der Waals surface area contributed by atoms with Crippen LogP contribution in [0.4, 0.5) is 5.69 Å². The third kappa shape index (κ3) is 3.73. The first-order valence-corrected chi connectivity index (χ1v) is 9.86. The van der Waals surface area contributed by atoms with E-state index in [2.05, 4.69) is 10.1 Å². The molecular formula is C19H22N2O4S. The number of benzene rings is 2. The molecule has 3 rings (SSSR count). The minimum Gasteiger partial charge on any atom is -0.465 e. The number of carbonyl (C=O) groups excluding carboxylic acids is 1. The zero-order valence-electron chi connectivity index (χ0n) is 14.8. The molecule has 0 spiro atoms. The van der Waals surface area contributed by atoms with E-state index in [0.29, 0.717) is 24.2 Å². The molecule has 1 aliphatic heterocycles. The molecule has 6 nitrogen and oxygen atoms in total. The van der Waals surface area contributed by atoms with Crippen molar-refractivity contribution in [3.8, 4) is 0 Å². The Hall–Kier alpha value is -2.38. The van der Waals surface area contributed by atoms with Gasteiger partial charge in [-0.3, -0.25) is 0 Å². The van der Waals surface area contributed by atoms with Crippen LogP contribution in [0, 0.1) is 6.92 Å². The van der Waals surface area contributed by atoms with Crippen molar-refractivity contribution in [2.24, 2.45) is 0 Å². The average Bonchev–Trinajstić information content (AvgIpc) is 3.11. The molecule has 1 atom stereocenters. The molecule has 0 saturated carbocycles. The van der Waals surface area contributed by atoms with E-state index in [-0.39, 0.29) is 10.9 Å². The maximum absolute atomic E-state index is 13.0. The lowest BCUT2D eigenvalue weighted by molar-refractivity contribution is 0.0600. The van der Waals surface area contributed by atoms with Crippen LogP contribution in [0.5, 0.6) is 0 Å². The van der Waals surface area contributed by atoms with E-state index < -0.39 is 16.0 Å². The largest absolute Gasteiger partial charge is 0.465 e. The molecule has 0 radical (unpaired) electrons. The van der Waals surface area contributed by atoms with Crippen molar-refractivity contribution in [3.63, 3.8) is 0 Å². The minimum absolute atomic E-state index is 0.0711. The van der Waals surface area contributed by atoms with Gasteiger partial charge in [0.1, 0.15) is 0 Å². The Bertz CT molecular complexity index is 897. The van der Waals surface area contributed by atoms with Crippen LogP contribution in [0.25, 0.3) is 0 Å². The maximum Gasteiger partial charge on any atom is 0.337 e. The number of para-hydroxylation sites is 1. The van der Waals surface area contributed by atoms with Crippen molar-refractivity contribution < 1.29 is 17.9 Å². The van der Waals surface area contributed by atoms with Crippen LogP contribution in [-0.4, -0.2) is 44.9 Å². The lowest BCUT2D eigenvalue weighted by Gasteiger charge is -2.19. The average molecular weight is 374 g/mol. The van der Waals surface area contributed by atoms with E-state index in [1.807, 2.05) is 30.3 Å². The summed E-state index contributed by atoms with van der Waals surface area (Å²) in [7, 11) is -2.30. The molecule has 0 bridgehead atoms. The molecule has 1 aliphatic rings. The topological polar surface area (TPSA) is 75.7 Å². The summed E-state index contributed by atoms with van der Waals surface area (Å²) >= 11 is 0. The molecule has 1 saturated heterocycles. The molecule has 0 aliphatic carbocycles. The van der Waals surface area contributed by atoms with Crippen LogP contribution in [0.2, 0.25) is 0 Å². The Balaban J connectivity index is 1.75. The molecule has 26 heavy (non-hydrogen) atoms. The molecule has 0 amide bonds. The third-order valence-corrected chi connectivity index (χ3v) is 6.53. The first kappa shape index (κ1) is 18.4. The van der Waals surface area contributed by atoms with Gasteiger partial charge in [0.2, 0.25) is 10.0 Å². The van der Waals surface area contributed by atoms with Gasteiger partial charge >= 0.3 is 5.97 Å². The number of esters is 1. The highest BCUT2D eigenvalue weighted by molar-refractivity contribution is 7.89. The van der Waals surface area contributed by atoms with Gasteiger partial charge in [0, 0.05) is 24.8 Å². The molecule has 1 N–H and O–H groups in total. The summed E-state index contributed by atoms with van der Waals surface area (Å²) in [5.74, 6) is -0.481. The monoisotopic (exact) mass is 374 g/mol. The molecule has 2 aromatic carbocycles. The zero-order chi connectivity index (χ0) is 18.7. The molecule has 7 heteroatoms. The van der Waals surface area contributed by atoms with Gasteiger partial charge in [-0.25, -0.2) is 13.2 Å². The molecule has 1 fully saturated rings. The summed E-state index contributed by atoms with van der Waals surface area (Å²) in [6.07, 6.45) is 0.743. The lowest BCUT2D eigenvalue weighted by atomic mass is 10.1. The van der Waals surface area contributed by atoms with Gasteiger partial charge in [-0.15, -0.1) is 0 Å². The SMILES string of the molecule is COC(=O)c1ccc(S(=O)(=O)N2CC[C@H](Nc3ccccc3)C2)c(C)c1. The number of nitrogens with one attached hydrogen (secondary N) is 1. The Morgan fingerprint density at radius 2 is 1.92 bits per heavy atom. The van der Waals surface area contributed by atoms with Gasteiger partial charge in [0.05, 0.1) is 17.6 Å². The highest BCUT2D eigenvalue weighted by Gasteiger charge is 2.33. The quantitative estimate of drug-likeness (QED) is 0.815. The smallest absolute Gasteiger partial charge is 0.337 e. The fraction of sp³-hybridized carbons (Fsp3) is 0.316. The summed E-state index contributed by atoms with van der Waals surface area (Å²) in [6, 6.07) is 14.3. The van der Waals surface area contributed by atoms with Crippen LogP contribution < -0.4 is 5.32 Å². The number of carbonyl (C=O) groups is 1. The minimum atomic E-state index is -3.60.